The van der Waals surface area contributed by atoms with Crippen LogP contribution in [0.25, 0.3) is 11.0 Å². The molecule has 1 aromatic carbocycles. The molecule has 24 heavy (non-hydrogen) atoms. The second-order valence-electron chi connectivity index (χ2n) is 5.13. The predicted octanol–water partition coefficient (Wildman–Crippen LogP) is 2.06. The van der Waals surface area contributed by atoms with Gasteiger partial charge in [-0.3, -0.25) is 9.59 Å². The van der Waals surface area contributed by atoms with E-state index in [1.165, 1.54) is 19.9 Å². The largest absolute Gasteiger partial charge is 0.493 e. The molecule has 0 saturated heterocycles. The van der Waals surface area contributed by atoms with E-state index < -0.39 is 23.7 Å². The fourth-order valence-corrected chi connectivity index (χ4v) is 2.06. The molecule has 1 aromatic heterocycles. The average Bonchev–Trinajstić information content (AvgIpc) is 2.51. The SMILES string of the molecule is CC(=O)OCC(CCOc1ccc2ccc(=O)oc2c1)OC(C)=O. The standard InChI is InChI=1S/C17H18O7/c1-11(18)22-10-15(23-12(2)19)7-8-21-14-5-3-13-4-6-17(20)24-16(13)9-14/h3-6,9,15H,7-8,10H2,1-2H3. The van der Waals surface area contributed by atoms with Crippen LogP contribution in [0.15, 0.2) is 39.5 Å². The van der Waals surface area contributed by atoms with Gasteiger partial charge in [0, 0.05) is 37.8 Å². The van der Waals surface area contributed by atoms with Gasteiger partial charge < -0.3 is 18.6 Å². The van der Waals surface area contributed by atoms with Crippen LogP contribution in [-0.4, -0.2) is 31.3 Å². The van der Waals surface area contributed by atoms with Crippen LogP contribution >= 0.6 is 0 Å². The zero-order valence-electron chi connectivity index (χ0n) is 13.4. The van der Waals surface area contributed by atoms with Crippen molar-refractivity contribution in [2.24, 2.45) is 0 Å². The second kappa shape index (κ2) is 8.14. The first-order valence-corrected chi connectivity index (χ1v) is 7.41. The number of esters is 2. The van der Waals surface area contributed by atoms with Crippen molar-refractivity contribution in [3.05, 3.63) is 40.8 Å². The lowest BCUT2D eigenvalue weighted by molar-refractivity contribution is -0.156. The summed E-state index contributed by atoms with van der Waals surface area (Å²) in [6.45, 7) is 2.78. The van der Waals surface area contributed by atoms with E-state index in [0.29, 0.717) is 17.8 Å². The van der Waals surface area contributed by atoms with Gasteiger partial charge in [0.15, 0.2) is 0 Å². The number of fused-ring (bicyclic) bond motifs is 1. The Morgan fingerprint density at radius 1 is 1.12 bits per heavy atom. The van der Waals surface area contributed by atoms with Gasteiger partial charge in [-0.05, 0) is 18.2 Å². The van der Waals surface area contributed by atoms with E-state index >= 15 is 0 Å². The first-order chi connectivity index (χ1) is 11.4. The minimum absolute atomic E-state index is 0.0229. The highest BCUT2D eigenvalue weighted by atomic mass is 16.6. The minimum Gasteiger partial charge on any atom is -0.493 e. The van der Waals surface area contributed by atoms with E-state index in [9.17, 15) is 14.4 Å². The van der Waals surface area contributed by atoms with Gasteiger partial charge in [-0.2, -0.15) is 0 Å². The van der Waals surface area contributed by atoms with E-state index in [2.05, 4.69) is 0 Å². The molecule has 0 saturated carbocycles. The van der Waals surface area contributed by atoms with Crippen molar-refractivity contribution in [2.75, 3.05) is 13.2 Å². The van der Waals surface area contributed by atoms with Crippen molar-refractivity contribution in [2.45, 2.75) is 26.4 Å². The Bertz CT molecular complexity index is 778. The zero-order chi connectivity index (χ0) is 17.5. The molecule has 0 aliphatic rings. The molecule has 128 valence electrons. The summed E-state index contributed by atoms with van der Waals surface area (Å²) >= 11 is 0. The first-order valence-electron chi connectivity index (χ1n) is 7.41. The minimum atomic E-state index is -0.579. The van der Waals surface area contributed by atoms with Crippen LogP contribution in [0.2, 0.25) is 0 Å². The van der Waals surface area contributed by atoms with Gasteiger partial charge in [0.1, 0.15) is 24.0 Å². The maximum atomic E-state index is 11.2. The number of carbonyl (C=O) groups is 2. The van der Waals surface area contributed by atoms with Crippen LogP contribution < -0.4 is 10.4 Å². The first kappa shape index (κ1) is 17.5. The fraction of sp³-hybridized carbons (Fsp3) is 0.353. The molecule has 0 radical (unpaired) electrons. The predicted molar refractivity (Wildman–Crippen MR) is 84.8 cm³/mol. The highest BCUT2D eigenvalue weighted by Gasteiger charge is 2.14. The van der Waals surface area contributed by atoms with Crippen LogP contribution in [0.3, 0.4) is 0 Å². The van der Waals surface area contributed by atoms with Gasteiger partial charge in [-0.25, -0.2) is 4.79 Å². The van der Waals surface area contributed by atoms with Crippen molar-refractivity contribution in [1.82, 2.24) is 0 Å². The summed E-state index contributed by atoms with van der Waals surface area (Å²) in [5.41, 5.74) is -0.00703. The van der Waals surface area contributed by atoms with Gasteiger partial charge in [-0.15, -0.1) is 0 Å². The number of benzene rings is 1. The zero-order valence-corrected chi connectivity index (χ0v) is 13.4. The Morgan fingerprint density at radius 2 is 1.88 bits per heavy atom. The summed E-state index contributed by atoms with van der Waals surface area (Å²) in [7, 11) is 0. The van der Waals surface area contributed by atoms with Gasteiger partial charge in [0.2, 0.25) is 0 Å². The average molecular weight is 334 g/mol. The molecule has 0 aliphatic heterocycles. The molecule has 0 aliphatic carbocycles. The quantitative estimate of drug-likeness (QED) is 0.565. The number of rotatable bonds is 7. The summed E-state index contributed by atoms with van der Waals surface area (Å²) in [4.78, 5) is 33.1. The lowest BCUT2D eigenvalue weighted by Gasteiger charge is -2.17. The van der Waals surface area contributed by atoms with E-state index in [4.69, 9.17) is 18.6 Å². The fourth-order valence-electron chi connectivity index (χ4n) is 2.06. The van der Waals surface area contributed by atoms with Gasteiger partial charge in [0.05, 0.1) is 6.61 Å². The van der Waals surface area contributed by atoms with Crippen LogP contribution in [0.5, 0.6) is 5.75 Å². The molecule has 7 nitrogen and oxygen atoms in total. The summed E-state index contributed by atoms with van der Waals surface area (Å²) in [5.74, 6) is -0.386. The number of ether oxygens (including phenoxy) is 3. The highest BCUT2D eigenvalue weighted by molar-refractivity contribution is 5.77. The third-order valence-corrected chi connectivity index (χ3v) is 3.11. The molecule has 1 unspecified atom stereocenters. The van der Waals surface area contributed by atoms with Crippen LogP contribution in [0.4, 0.5) is 0 Å². The van der Waals surface area contributed by atoms with Crippen molar-refractivity contribution in [3.8, 4) is 5.75 Å². The molecule has 2 rings (SSSR count). The van der Waals surface area contributed by atoms with E-state index in [1.54, 1.807) is 24.3 Å². The van der Waals surface area contributed by atoms with Crippen LogP contribution in [-0.2, 0) is 19.1 Å². The van der Waals surface area contributed by atoms with Crippen molar-refractivity contribution in [3.63, 3.8) is 0 Å². The Kier molecular flexibility index (Phi) is 5.95. The van der Waals surface area contributed by atoms with E-state index in [1.807, 2.05) is 0 Å². The smallest absolute Gasteiger partial charge is 0.336 e. The van der Waals surface area contributed by atoms with Gasteiger partial charge in [0.25, 0.3) is 0 Å². The Hall–Kier alpha value is -2.83. The molecular weight excluding hydrogens is 316 g/mol. The topological polar surface area (TPSA) is 92.0 Å². The Morgan fingerprint density at radius 3 is 2.58 bits per heavy atom. The number of hydrogen-bond acceptors (Lipinski definition) is 7. The molecule has 2 aromatic rings. The van der Waals surface area contributed by atoms with Crippen molar-refractivity contribution >= 4 is 22.9 Å². The molecular formula is C17H18O7. The summed E-state index contributed by atoms with van der Waals surface area (Å²) in [6, 6.07) is 8.15. The van der Waals surface area contributed by atoms with Gasteiger partial charge in [-0.1, -0.05) is 0 Å². The van der Waals surface area contributed by atoms with Crippen molar-refractivity contribution < 1.29 is 28.2 Å². The molecule has 1 heterocycles. The van der Waals surface area contributed by atoms with Gasteiger partial charge >= 0.3 is 17.6 Å². The molecule has 1 atom stereocenters. The molecule has 0 amide bonds. The maximum Gasteiger partial charge on any atom is 0.336 e. The molecule has 0 N–H and O–H groups in total. The molecule has 0 fully saturated rings. The van der Waals surface area contributed by atoms with Crippen LogP contribution in [0, 0.1) is 0 Å². The molecule has 7 heteroatoms. The normalized spacial score (nSPS) is 11.8. The highest BCUT2D eigenvalue weighted by Crippen LogP contribution is 2.19. The third kappa shape index (κ3) is 5.42. The molecule has 0 bridgehead atoms. The Labute approximate surface area is 138 Å². The van der Waals surface area contributed by atoms with E-state index in [0.717, 1.165) is 5.39 Å². The number of carbonyl (C=O) groups excluding carboxylic acids is 2. The maximum absolute atomic E-state index is 11.2. The number of hydrogen-bond donors (Lipinski definition) is 0. The summed E-state index contributed by atoms with van der Waals surface area (Å²) < 4.78 is 20.6. The lowest BCUT2D eigenvalue weighted by Crippen LogP contribution is -2.25. The lowest BCUT2D eigenvalue weighted by atomic mass is 10.2. The van der Waals surface area contributed by atoms with Crippen LogP contribution in [0.1, 0.15) is 20.3 Å². The molecule has 0 spiro atoms. The van der Waals surface area contributed by atoms with E-state index in [-0.39, 0.29) is 13.2 Å². The summed E-state index contributed by atoms with van der Waals surface area (Å²) in [5, 5.41) is 0.787. The Balaban J connectivity index is 1.94. The third-order valence-electron chi connectivity index (χ3n) is 3.11. The monoisotopic (exact) mass is 334 g/mol. The second-order valence-corrected chi connectivity index (χ2v) is 5.13. The van der Waals surface area contributed by atoms with Crippen molar-refractivity contribution in [1.29, 1.82) is 0 Å². The summed E-state index contributed by atoms with van der Waals surface area (Å²) in [6.07, 6.45) is -0.228.